The Labute approximate surface area is 80.2 Å². The molecule has 1 aromatic rings. The minimum Gasteiger partial charge on any atom is -0.253 e. The summed E-state index contributed by atoms with van der Waals surface area (Å²) in [5, 5.41) is 0. The zero-order valence-corrected chi connectivity index (χ0v) is 8.65. The first-order valence-corrected chi connectivity index (χ1v) is 5.37. The average Bonchev–Trinajstić information content (AvgIpc) is 2.04. The minimum atomic E-state index is -1.08. The van der Waals surface area contributed by atoms with E-state index in [0.717, 1.165) is 10.5 Å². The maximum atomic E-state index is 11.4. The molecule has 0 radical (unpaired) electrons. The van der Waals surface area contributed by atoms with Gasteiger partial charge in [0.2, 0.25) is 0 Å². The van der Waals surface area contributed by atoms with Gasteiger partial charge in [-0.2, -0.15) is 0 Å². The second-order valence-corrected chi connectivity index (χ2v) is 5.34. The van der Waals surface area contributed by atoms with Crippen LogP contribution < -0.4 is 0 Å². The highest BCUT2D eigenvalue weighted by molar-refractivity contribution is 7.87. The molecule has 0 fully saturated rings. The molecular formula is C9H11ClOS. The van der Waals surface area contributed by atoms with Crippen LogP contribution in [-0.2, 0) is 10.8 Å². The second-order valence-electron chi connectivity index (χ2n) is 2.65. The van der Waals surface area contributed by atoms with Gasteiger partial charge in [-0.05, 0) is 26.0 Å². The van der Waals surface area contributed by atoms with Crippen molar-refractivity contribution in [3.8, 4) is 0 Å². The number of aryl methyl sites for hydroxylation is 1. The third-order valence-corrected chi connectivity index (χ3v) is 3.36. The molecule has 0 spiro atoms. The normalized spacial score (nSPS) is 15.6. The van der Waals surface area contributed by atoms with Crippen molar-refractivity contribution in [2.45, 2.75) is 23.5 Å². The van der Waals surface area contributed by atoms with Gasteiger partial charge in [-0.15, -0.1) is 11.6 Å². The highest BCUT2D eigenvalue weighted by Gasteiger charge is 2.08. The van der Waals surface area contributed by atoms with E-state index >= 15 is 0 Å². The van der Waals surface area contributed by atoms with Crippen LogP contribution in [-0.4, -0.2) is 8.92 Å². The fraction of sp³-hybridized carbons (Fsp3) is 0.333. The van der Waals surface area contributed by atoms with E-state index in [9.17, 15) is 4.21 Å². The molecule has 1 rings (SSSR count). The zero-order valence-electron chi connectivity index (χ0n) is 7.08. The van der Waals surface area contributed by atoms with E-state index < -0.39 is 10.8 Å². The Morgan fingerprint density at radius 3 is 2.25 bits per heavy atom. The van der Waals surface area contributed by atoms with Crippen LogP contribution in [0.4, 0.5) is 0 Å². The number of hydrogen-bond donors (Lipinski definition) is 0. The van der Waals surface area contributed by atoms with Gasteiger partial charge in [-0.25, -0.2) is 0 Å². The lowest BCUT2D eigenvalue weighted by Crippen LogP contribution is -2.02. The molecule has 0 amide bonds. The summed E-state index contributed by atoms with van der Waals surface area (Å²) >= 11 is 5.70. The number of rotatable bonds is 2. The van der Waals surface area contributed by atoms with Crippen molar-refractivity contribution in [3.63, 3.8) is 0 Å². The summed E-state index contributed by atoms with van der Waals surface area (Å²) in [7, 11) is -1.08. The van der Waals surface area contributed by atoms with Gasteiger partial charge in [0.05, 0.1) is 10.8 Å². The molecule has 0 aromatic heterocycles. The standard InChI is InChI=1S/C9H11ClOS/c1-7-3-5-9(6-4-7)12(11)8(2)10/h3-6,8H,1-2H3/t8-,12-/m0/s1. The molecule has 0 heterocycles. The van der Waals surface area contributed by atoms with Gasteiger partial charge in [0.1, 0.15) is 4.71 Å². The summed E-state index contributed by atoms with van der Waals surface area (Å²) in [5.41, 5.74) is 1.16. The molecule has 0 aliphatic carbocycles. The number of benzene rings is 1. The van der Waals surface area contributed by atoms with Gasteiger partial charge in [0, 0.05) is 4.90 Å². The van der Waals surface area contributed by atoms with Gasteiger partial charge in [0.15, 0.2) is 0 Å². The van der Waals surface area contributed by atoms with Crippen molar-refractivity contribution in [1.29, 1.82) is 0 Å². The molecule has 0 unspecified atom stereocenters. The first-order chi connectivity index (χ1) is 5.61. The van der Waals surface area contributed by atoms with E-state index in [0.29, 0.717) is 0 Å². The molecule has 0 aliphatic rings. The summed E-state index contributed by atoms with van der Waals surface area (Å²) in [5.74, 6) is 0. The number of hydrogen-bond acceptors (Lipinski definition) is 1. The van der Waals surface area contributed by atoms with Crippen LogP contribution in [0.1, 0.15) is 12.5 Å². The molecule has 12 heavy (non-hydrogen) atoms. The Morgan fingerprint density at radius 1 is 1.33 bits per heavy atom. The fourth-order valence-electron chi connectivity index (χ4n) is 0.860. The van der Waals surface area contributed by atoms with Crippen LogP contribution >= 0.6 is 11.6 Å². The van der Waals surface area contributed by atoms with Crippen LogP contribution in [0.25, 0.3) is 0 Å². The lowest BCUT2D eigenvalue weighted by atomic mass is 10.2. The first-order valence-electron chi connectivity index (χ1n) is 3.72. The Morgan fingerprint density at radius 2 is 1.83 bits per heavy atom. The van der Waals surface area contributed by atoms with E-state index in [4.69, 9.17) is 11.6 Å². The lowest BCUT2D eigenvalue weighted by molar-refractivity contribution is 0.682. The molecule has 0 saturated carbocycles. The molecule has 66 valence electrons. The fourth-order valence-corrected chi connectivity index (χ4v) is 1.95. The monoisotopic (exact) mass is 202 g/mol. The minimum absolute atomic E-state index is 0.326. The molecule has 2 atom stereocenters. The van der Waals surface area contributed by atoms with Gasteiger partial charge < -0.3 is 0 Å². The maximum Gasteiger partial charge on any atom is 0.110 e. The summed E-state index contributed by atoms with van der Waals surface area (Å²) in [6.45, 7) is 3.73. The van der Waals surface area contributed by atoms with Crippen LogP contribution in [0.15, 0.2) is 29.2 Å². The number of halogens is 1. The summed E-state index contributed by atoms with van der Waals surface area (Å²) in [6, 6.07) is 7.58. The quantitative estimate of drug-likeness (QED) is 0.674. The Hall–Kier alpha value is -0.340. The predicted molar refractivity (Wildman–Crippen MR) is 52.9 cm³/mol. The maximum absolute atomic E-state index is 11.4. The number of alkyl halides is 1. The van der Waals surface area contributed by atoms with E-state index in [-0.39, 0.29) is 4.71 Å². The average molecular weight is 203 g/mol. The van der Waals surface area contributed by atoms with E-state index in [1.807, 2.05) is 31.2 Å². The molecule has 0 bridgehead atoms. The van der Waals surface area contributed by atoms with Crippen LogP contribution in [0.5, 0.6) is 0 Å². The Kier molecular flexibility index (Phi) is 3.29. The molecule has 1 nitrogen and oxygen atoms in total. The summed E-state index contributed by atoms with van der Waals surface area (Å²) in [4.78, 5) is 0.795. The SMILES string of the molecule is Cc1ccc([S@@](=O)[C@@H](C)Cl)cc1. The first kappa shape index (κ1) is 9.75. The van der Waals surface area contributed by atoms with Crippen molar-refractivity contribution < 1.29 is 4.21 Å². The largest absolute Gasteiger partial charge is 0.253 e. The summed E-state index contributed by atoms with van der Waals surface area (Å²) in [6.07, 6.45) is 0. The highest BCUT2D eigenvalue weighted by atomic mass is 35.5. The van der Waals surface area contributed by atoms with E-state index in [1.165, 1.54) is 0 Å². The molecule has 0 saturated heterocycles. The van der Waals surface area contributed by atoms with Crippen LogP contribution in [0, 0.1) is 6.92 Å². The second kappa shape index (κ2) is 4.06. The van der Waals surface area contributed by atoms with E-state index in [2.05, 4.69) is 0 Å². The summed E-state index contributed by atoms with van der Waals surface area (Å²) < 4.78 is 11.1. The van der Waals surface area contributed by atoms with Crippen molar-refractivity contribution in [3.05, 3.63) is 29.8 Å². The van der Waals surface area contributed by atoms with Crippen LogP contribution in [0.3, 0.4) is 0 Å². The molecule has 3 heteroatoms. The van der Waals surface area contributed by atoms with Crippen molar-refractivity contribution in [1.82, 2.24) is 0 Å². The topological polar surface area (TPSA) is 17.1 Å². The Bertz CT molecular complexity index is 279. The van der Waals surface area contributed by atoms with E-state index in [1.54, 1.807) is 6.92 Å². The van der Waals surface area contributed by atoms with Crippen molar-refractivity contribution >= 4 is 22.4 Å². The van der Waals surface area contributed by atoms with Crippen molar-refractivity contribution in [2.75, 3.05) is 0 Å². The highest BCUT2D eigenvalue weighted by Crippen LogP contribution is 2.14. The predicted octanol–water partition coefficient (Wildman–Crippen LogP) is 2.69. The molecular weight excluding hydrogens is 192 g/mol. The zero-order chi connectivity index (χ0) is 9.14. The van der Waals surface area contributed by atoms with Gasteiger partial charge in [-0.1, -0.05) is 17.7 Å². The van der Waals surface area contributed by atoms with Gasteiger partial charge >= 0.3 is 0 Å². The lowest BCUT2D eigenvalue weighted by Gasteiger charge is -2.03. The third kappa shape index (κ3) is 2.32. The van der Waals surface area contributed by atoms with Crippen LogP contribution in [0.2, 0.25) is 0 Å². The van der Waals surface area contributed by atoms with Gasteiger partial charge in [0.25, 0.3) is 0 Å². The molecule has 1 aromatic carbocycles. The smallest absolute Gasteiger partial charge is 0.110 e. The van der Waals surface area contributed by atoms with Crippen molar-refractivity contribution in [2.24, 2.45) is 0 Å². The molecule has 0 aliphatic heterocycles. The van der Waals surface area contributed by atoms with Gasteiger partial charge in [-0.3, -0.25) is 4.21 Å². The third-order valence-electron chi connectivity index (χ3n) is 1.55. The molecule has 0 N–H and O–H groups in total. The Balaban J connectivity index is 2.90.